The van der Waals surface area contributed by atoms with Crippen molar-refractivity contribution in [1.82, 2.24) is 0 Å². The lowest BCUT2D eigenvalue weighted by Gasteiger charge is -2.19. The van der Waals surface area contributed by atoms with Crippen molar-refractivity contribution in [2.24, 2.45) is 0 Å². The van der Waals surface area contributed by atoms with Crippen LogP contribution in [0.1, 0.15) is 41.5 Å². The third-order valence-electron chi connectivity index (χ3n) is 3.19. The van der Waals surface area contributed by atoms with E-state index in [0.29, 0.717) is 22.3 Å². The number of benzene rings is 1. The predicted octanol–water partition coefficient (Wildman–Crippen LogP) is 3.35. The number of fused-ring (bicyclic) bond motifs is 1. The maximum atomic E-state index is 12.3. The highest BCUT2D eigenvalue weighted by Gasteiger charge is 2.29. The van der Waals surface area contributed by atoms with Crippen LogP contribution in [0.2, 0.25) is 0 Å². The van der Waals surface area contributed by atoms with Crippen LogP contribution in [0.15, 0.2) is 47.1 Å². The number of carbonyl (C=O) groups excluding carboxylic acids is 2. The highest BCUT2D eigenvalue weighted by molar-refractivity contribution is 6.28. The smallest absolute Gasteiger partial charge is 0.194 e. The molecule has 0 saturated carbocycles. The number of hydrogen-bond acceptors (Lipinski definition) is 2. The summed E-state index contributed by atoms with van der Waals surface area (Å²) in [4.78, 5) is 24.5. The molecule has 1 aliphatic carbocycles. The maximum Gasteiger partial charge on any atom is 0.194 e. The molecule has 0 unspecified atom stereocenters. The van der Waals surface area contributed by atoms with Crippen LogP contribution in [0.5, 0.6) is 0 Å². The summed E-state index contributed by atoms with van der Waals surface area (Å²) >= 11 is 0. The number of allylic oxidation sites excluding steroid dienone is 4. The zero-order chi connectivity index (χ0) is 12.6. The lowest BCUT2D eigenvalue weighted by Crippen LogP contribution is -2.21. The Morgan fingerprint density at radius 1 is 1.06 bits per heavy atom. The van der Waals surface area contributed by atoms with Crippen molar-refractivity contribution in [3.8, 4) is 0 Å². The fraction of sp³-hybridized carbons (Fsp3) is 0.200. The molecule has 0 aliphatic heterocycles. The first kappa shape index (κ1) is 11.5. The summed E-state index contributed by atoms with van der Waals surface area (Å²) < 4.78 is 0. The van der Waals surface area contributed by atoms with Gasteiger partial charge in [0.15, 0.2) is 11.6 Å². The van der Waals surface area contributed by atoms with E-state index in [4.69, 9.17) is 0 Å². The Kier molecular flexibility index (Phi) is 2.80. The van der Waals surface area contributed by atoms with E-state index in [9.17, 15) is 9.59 Å². The molecule has 0 fully saturated rings. The van der Waals surface area contributed by atoms with E-state index >= 15 is 0 Å². The van der Waals surface area contributed by atoms with Crippen LogP contribution in [0.4, 0.5) is 0 Å². The highest BCUT2D eigenvalue weighted by atomic mass is 16.1. The van der Waals surface area contributed by atoms with Gasteiger partial charge in [0.25, 0.3) is 0 Å². The number of ketones is 2. The minimum absolute atomic E-state index is 0.0450. The summed E-state index contributed by atoms with van der Waals surface area (Å²) in [5.74, 6) is -0.0929. The van der Waals surface area contributed by atoms with Crippen LogP contribution in [0.25, 0.3) is 0 Å². The largest absolute Gasteiger partial charge is 0.289 e. The van der Waals surface area contributed by atoms with Gasteiger partial charge >= 0.3 is 0 Å². The van der Waals surface area contributed by atoms with Crippen molar-refractivity contribution in [3.05, 3.63) is 58.2 Å². The van der Waals surface area contributed by atoms with Crippen LogP contribution >= 0.6 is 0 Å². The van der Waals surface area contributed by atoms with Gasteiger partial charge in [0.2, 0.25) is 0 Å². The van der Waals surface area contributed by atoms with E-state index in [0.717, 1.165) is 5.57 Å². The highest BCUT2D eigenvalue weighted by Crippen LogP contribution is 2.29. The summed E-state index contributed by atoms with van der Waals surface area (Å²) in [6, 6.07) is 6.99. The van der Waals surface area contributed by atoms with E-state index < -0.39 is 0 Å². The van der Waals surface area contributed by atoms with Crippen LogP contribution in [-0.2, 0) is 0 Å². The summed E-state index contributed by atoms with van der Waals surface area (Å²) in [7, 11) is 0. The number of hydrogen-bond donors (Lipinski definition) is 0. The lowest BCUT2D eigenvalue weighted by molar-refractivity contribution is 0.0976. The molecule has 0 saturated heterocycles. The average molecular weight is 226 g/mol. The van der Waals surface area contributed by atoms with Crippen LogP contribution < -0.4 is 0 Å². The van der Waals surface area contributed by atoms with Crippen molar-refractivity contribution < 1.29 is 9.59 Å². The molecule has 1 aliphatic rings. The van der Waals surface area contributed by atoms with E-state index in [2.05, 4.69) is 0 Å². The molecule has 0 bridgehead atoms. The summed E-state index contributed by atoms with van der Waals surface area (Å²) in [6.07, 6.45) is 1.86. The van der Waals surface area contributed by atoms with Crippen molar-refractivity contribution in [3.63, 3.8) is 0 Å². The molecule has 0 spiro atoms. The zero-order valence-electron chi connectivity index (χ0n) is 10.2. The van der Waals surface area contributed by atoms with Gasteiger partial charge in [-0.15, -0.1) is 0 Å². The molecule has 17 heavy (non-hydrogen) atoms. The fourth-order valence-electron chi connectivity index (χ4n) is 2.12. The minimum atomic E-state index is -0.0479. The molecule has 0 atom stereocenters. The van der Waals surface area contributed by atoms with Gasteiger partial charge in [-0.25, -0.2) is 0 Å². The molecule has 2 nitrogen and oxygen atoms in total. The molecular weight excluding hydrogens is 212 g/mol. The second-order valence-corrected chi connectivity index (χ2v) is 4.18. The number of rotatable bonds is 1. The Morgan fingerprint density at radius 2 is 1.59 bits per heavy atom. The summed E-state index contributed by atoms with van der Waals surface area (Å²) in [6.45, 7) is 5.45. The Morgan fingerprint density at radius 3 is 2.12 bits per heavy atom. The van der Waals surface area contributed by atoms with Crippen molar-refractivity contribution in [1.29, 1.82) is 0 Å². The molecule has 0 aromatic heterocycles. The van der Waals surface area contributed by atoms with Crippen molar-refractivity contribution >= 4 is 11.6 Å². The topological polar surface area (TPSA) is 34.1 Å². The molecule has 2 heteroatoms. The van der Waals surface area contributed by atoms with E-state index in [1.165, 1.54) is 0 Å². The molecule has 0 amide bonds. The zero-order valence-corrected chi connectivity index (χ0v) is 10.2. The van der Waals surface area contributed by atoms with Gasteiger partial charge in [-0.3, -0.25) is 9.59 Å². The molecule has 86 valence electrons. The summed E-state index contributed by atoms with van der Waals surface area (Å²) in [5.41, 5.74) is 2.98. The molecule has 0 radical (unpaired) electrons. The minimum Gasteiger partial charge on any atom is -0.289 e. The molecular formula is C15H14O2. The quantitative estimate of drug-likeness (QED) is 0.735. The van der Waals surface area contributed by atoms with Crippen molar-refractivity contribution in [2.75, 3.05) is 0 Å². The van der Waals surface area contributed by atoms with E-state index in [1.54, 1.807) is 31.2 Å². The third-order valence-corrected chi connectivity index (χ3v) is 3.19. The maximum absolute atomic E-state index is 12.3. The lowest BCUT2D eigenvalue weighted by atomic mass is 9.82. The number of Topliss-reactive ketones (excluding diaryl/α,β-unsaturated/α-hetero) is 2. The van der Waals surface area contributed by atoms with Gasteiger partial charge < -0.3 is 0 Å². The SMILES string of the molecule is C/C=C(/C)C1=C(C)C(=O)c2ccccc2C1=O. The second-order valence-electron chi connectivity index (χ2n) is 4.18. The number of carbonyl (C=O) groups is 2. The molecule has 0 heterocycles. The van der Waals surface area contributed by atoms with E-state index in [-0.39, 0.29) is 11.6 Å². The Hall–Kier alpha value is -1.96. The van der Waals surface area contributed by atoms with Crippen molar-refractivity contribution in [2.45, 2.75) is 20.8 Å². The van der Waals surface area contributed by atoms with Gasteiger partial charge in [-0.1, -0.05) is 30.3 Å². The van der Waals surface area contributed by atoms with Crippen LogP contribution in [0, 0.1) is 0 Å². The predicted molar refractivity (Wildman–Crippen MR) is 67.2 cm³/mol. The van der Waals surface area contributed by atoms with Gasteiger partial charge in [0, 0.05) is 22.3 Å². The fourth-order valence-corrected chi connectivity index (χ4v) is 2.12. The van der Waals surface area contributed by atoms with Gasteiger partial charge in [-0.2, -0.15) is 0 Å². The van der Waals surface area contributed by atoms with Crippen LogP contribution in [-0.4, -0.2) is 11.6 Å². The second kappa shape index (κ2) is 4.13. The Balaban J connectivity index is 2.71. The third kappa shape index (κ3) is 1.66. The monoisotopic (exact) mass is 226 g/mol. The molecule has 1 aromatic rings. The van der Waals surface area contributed by atoms with Gasteiger partial charge in [0.05, 0.1) is 0 Å². The average Bonchev–Trinajstić information content (AvgIpc) is 2.36. The standard InChI is InChI=1S/C15H14O2/c1-4-9(2)13-10(3)14(16)11-7-5-6-8-12(11)15(13)17/h4-8H,1-3H3/b9-4-. The molecule has 1 aromatic carbocycles. The first-order chi connectivity index (χ1) is 8.07. The Bertz CT molecular complexity index is 574. The first-order valence-corrected chi connectivity index (χ1v) is 5.60. The molecule has 2 rings (SSSR count). The molecule has 0 N–H and O–H groups in total. The summed E-state index contributed by atoms with van der Waals surface area (Å²) in [5, 5.41) is 0. The normalized spacial score (nSPS) is 16.3. The van der Waals surface area contributed by atoms with Gasteiger partial charge in [-0.05, 0) is 26.3 Å². The van der Waals surface area contributed by atoms with Crippen LogP contribution in [0.3, 0.4) is 0 Å². The Labute approximate surface area is 101 Å². The first-order valence-electron chi connectivity index (χ1n) is 5.60. The van der Waals surface area contributed by atoms with Gasteiger partial charge in [0.1, 0.15) is 0 Å². The van der Waals surface area contributed by atoms with E-state index in [1.807, 2.05) is 19.9 Å².